The van der Waals surface area contributed by atoms with Crippen LogP contribution in [0.15, 0.2) is 0 Å². The molecule has 3 nitrogen and oxygen atoms in total. The van der Waals surface area contributed by atoms with Crippen molar-refractivity contribution in [1.82, 2.24) is 0 Å². The number of rotatable bonds is 0. The first-order valence-corrected chi connectivity index (χ1v) is 17.1. The van der Waals surface area contributed by atoms with Gasteiger partial charge in [-0.05, 0) is 124 Å². The zero-order valence-corrected chi connectivity index (χ0v) is 28.4. The van der Waals surface area contributed by atoms with Crippen LogP contribution in [-0.2, 0) is 0 Å². The SMILES string of the molecule is CC(C)(C)C1CC2C3CC(C(O)C3C(C)(C)C)C2C1O.CC1C2C(CC1C(C)(C)C)C1CC2C(C(C)(C)C)C1O. The van der Waals surface area contributed by atoms with E-state index in [1.165, 1.54) is 12.8 Å². The minimum Gasteiger partial charge on any atom is -0.393 e. The summed E-state index contributed by atoms with van der Waals surface area (Å²) in [7, 11) is 0. The summed E-state index contributed by atoms with van der Waals surface area (Å²) in [6.45, 7) is 30.3. The van der Waals surface area contributed by atoms with Gasteiger partial charge in [0.25, 0.3) is 0 Å². The molecule has 0 heterocycles. The van der Waals surface area contributed by atoms with Crippen LogP contribution in [0.25, 0.3) is 0 Å². The zero-order valence-electron chi connectivity index (χ0n) is 28.4. The van der Waals surface area contributed by atoms with Crippen LogP contribution in [0, 0.1) is 98.6 Å². The third kappa shape index (κ3) is 4.77. The van der Waals surface area contributed by atoms with Crippen molar-refractivity contribution in [2.45, 2.75) is 134 Å². The Hall–Kier alpha value is -0.120. The van der Waals surface area contributed by atoms with Crippen molar-refractivity contribution in [3.63, 3.8) is 0 Å². The number of aliphatic hydroxyl groups excluding tert-OH is 3. The minimum absolute atomic E-state index is 0.0350. The quantitative estimate of drug-likeness (QED) is 0.283. The van der Waals surface area contributed by atoms with Crippen molar-refractivity contribution in [3.8, 4) is 0 Å². The Labute approximate surface area is 247 Å². The van der Waals surface area contributed by atoms with Crippen LogP contribution in [0.4, 0.5) is 0 Å². The molecule has 0 radical (unpaired) electrons. The summed E-state index contributed by atoms with van der Waals surface area (Å²) in [5.41, 5.74) is 1.02. The highest BCUT2D eigenvalue weighted by Gasteiger charge is 2.66. The maximum Gasteiger partial charge on any atom is 0.0608 e. The average molecular weight is 559 g/mol. The van der Waals surface area contributed by atoms with Gasteiger partial charge in [-0.25, -0.2) is 0 Å². The fraction of sp³-hybridized carbons (Fsp3) is 1.00. The fourth-order valence-corrected chi connectivity index (χ4v) is 12.8. The second-order valence-corrected chi connectivity index (χ2v) is 20.1. The molecule has 6 saturated carbocycles. The third-order valence-corrected chi connectivity index (χ3v) is 14.0. The highest BCUT2D eigenvalue weighted by Crippen LogP contribution is 2.69. The van der Waals surface area contributed by atoms with Gasteiger partial charge in [0.15, 0.2) is 0 Å². The number of aliphatic hydroxyl groups is 3. The molecular weight excluding hydrogens is 492 g/mol. The summed E-state index contributed by atoms with van der Waals surface area (Å²) < 4.78 is 0. The lowest BCUT2D eigenvalue weighted by atomic mass is 9.63. The molecule has 0 aromatic heterocycles. The van der Waals surface area contributed by atoms with E-state index in [1.807, 2.05) is 0 Å². The summed E-state index contributed by atoms with van der Waals surface area (Å²) in [5, 5.41) is 32.4. The molecule has 232 valence electrons. The Kier molecular flexibility index (Phi) is 7.58. The second-order valence-electron chi connectivity index (χ2n) is 20.1. The average Bonchev–Trinajstić information content (AvgIpc) is 3.54. The Morgan fingerprint density at radius 2 is 0.825 bits per heavy atom. The summed E-state index contributed by atoms with van der Waals surface area (Å²) in [5.74, 6) is 8.07. The fourth-order valence-electron chi connectivity index (χ4n) is 12.8. The van der Waals surface area contributed by atoms with E-state index in [9.17, 15) is 15.3 Å². The van der Waals surface area contributed by atoms with E-state index in [0.29, 0.717) is 52.8 Å². The Balaban J connectivity index is 0.000000161. The van der Waals surface area contributed by atoms with E-state index < -0.39 is 0 Å². The molecule has 6 aliphatic rings. The predicted octanol–water partition coefficient (Wildman–Crippen LogP) is 7.91. The largest absolute Gasteiger partial charge is 0.393 e. The number of hydrogen-bond acceptors (Lipinski definition) is 3. The molecule has 16 atom stereocenters. The highest BCUT2D eigenvalue weighted by atomic mass is 16.3. The van der Waals surface area contributed by atoms with Gasteiger partial charge in [-0.2, -0.15) is 0 Å². The van der Waals surface area contributed by atoms with Crippen molar-refractivity contribution >= 4 is 0 Å². The molecule has 0 saturated heterocycles. The topological polar surface area (TPSA) is 60.7 Å². The molecular formula is C37H66O3. The van der Waals surface area contributed by atoms with Gasteiger partial charge in [0, 0.05) is 0 Å². The van der Waals surface area contributed by atoms with Gasteiger partial charge in [0.2, 0.25) is 0 Å². The van der Waals surface area contributed by atoms with E-state index in [4.69, 9.17) is 0 Å². The third-order valence-electron chi connectivity index (χ3n) is 14.0. The highest BCUT2D eigenvalue weighted by molar-refractivity contribution is 5.15. The standard InChI is InChI=1S/C19H34O.C18H32O2/c1-10-14(18(2,3)4)9-11-12-8-13(15(10)11)16(17(12)20)19(5,6)7;1-17(2,3)12-8-9-10-7-11(13(9)16(12)20)15(19)14(10)18(4,5)6/h10-17,20H,8-9H2,1-7H3;9-16,19-20H,7-8H2,1-6H3. The molecule has 6 aliphatic carbocycles. The molecule has 3 heteroatoms. The summed E-state index contributed by atoms with van der Waals surface area (Å²) >= 11 is 0. The van der Waals surface area contributed by atoms with E-state index in [1.54, 1.807) is 0 Å². The molecule has 0 aromatic carbocycles. The summed E-state index contributed by atoms with van der Waals surface area (Å²) in [4.78, 5) is 0. The molecule has 0 spiro atoms. The molecule has 0 aromatic rings. The zero-order chi connectivity index (χ0) is 30.1. The van der Waals surface area contributed by atoms with Crippen molar-refractivity contribution in [3.05, 3.63) is 0 Å². The van der Waals surface area contributed by atoms with Crippen LogP contribution in [0.2, 0.25) is 0 Å². The van der Waals surface area contributed by atoms with Crippen LogP contribution >= 0.6 is 0 Å². The lowest BCUT2D eigenvalue weighted by Crippen LogP contribution is -2.45. The second kappa shape index (κ2) is 9.69. The Morgan fingerprint density at radius 3 is 1.32 bits per heavy atom. The van der Waals surface area contributed by atoms with Crippen molar-refractivity contribution < 1.29 is 15.3 Å². The van der Waals surface area contributed by atoms with Crippen molar-refractivity contribution in [1.29, 1.82) is 0 Å². The van der Waals surface area contributed by atoms with E-state index in [-0.39, 0.29) is 34.6 Å². The first kappa shape index (κ1) is 31.3. The molecule has 4 bridgehead atoms. The lowest BCUT2D eigenvalue weighted by Gasteiger charge is -2.44. The van der Waals surface area contributed by atoms with Crippen LogP contribution < -0.4 is 0 Å². The number of fused-ring (bicyclic) bond motifs is 10. The minimum atomic E-state index is -0.203. The van der Waals surface area contributed by atoms with Gasteiger partial charge in [-0.15, -0.1) is 0 Å². The predicted molar refractivity (Wildman–Crippen MR) is 165 cm³/mol. The molecule has 40 heavy (non-hydrogen) atoms. The van der Waals surface area contributed by atoms with Crippen LogP contribution in [0.1, 0.15) is 116 Å². The first-order valence-electron chi connectivity index (χ1n) is 17.1. The lowest BCUT2D eigenvalue weighted by molar-refractivity contribution is -0.0618. The number of hydrogen-bond donors (Lipinski definition) is 3. The van der Waals surface area contributed by atoms with Crippen LogP contribution in [0.3, 0.4) is 0 Å². The van der Waals surface area contributed by atoms with Gasteiger partial charge in [0.1, 0.15) is 0 Å². The van der Waals surface area contributed by atoms with E-state index >= 15 is 0 Å². The van der Waals surface area contributed by atoms with E-state index in [0.717, 1.165) is 42.4 Å². The Morgan fingerprint density at radius 1 is 0.400 bits per heavy atom. The molecule has 3 N–H and O–H groups in total. The van der Waals surface area contributed by atoms with Crippen LogP contribution in [-0.4, -0.2) is 33.6 Å². The van der Waals surface area contributed by atoms with Gasteiger partial charge in [-0.1, -0.05) is 90.0 Å². The molecule has 16 unspecified atom stereocenters. The molecule has 6 rings (SSSR count). The maximum absolute atomic E-state index is 10.8. The Bertz CT molecular complexity index is 915. The van der Waals surface area contributed by atoms with Gasteiger partial charge in [-0.3, -0.25) is 0 Å². The summed E-state index contributed by atoms with van der Waals surface area (Å²) in [6, 6.07) is 0. The van der Waals surface area contributed by atoms with Gasteiger partial charge in [0.05, 0.1) is 18.3 Å². The van der Waals surface area contributed by atoms with Crippen LogP contribution in [0.5, 0.6) is 0 Å². The van der Waals surface area contributed by atoms with Gasteiger partial charge >= 0.3 is 0 Å². The van der Waals surface area contributed by atoms with Crippen molar-refractivity contribution in [2.24, 2.45) is 98.6 Å². The maximum atomic E-state index is 10.8. The van der Waals surface area contributed by atoms with Gasteiger partial charge < -0.3 is 15.3 Å². The molecule has 6 fully saturated rings. The summed E-state index contributed by atoms with van der Waals surface area (Å²) in [6.07, 6.45) is 4.54. The first-order chi connectivity index (χ1) is 18.1. The smallest absolute Gasteiger partial charge is 0.0608 e. The normalized spacial score (nSPS) is 51.6. The van der Waals surface area contributed by atoms with Crippen molar-refractivity contribution in [2.75, 3.05) is 0 Å². The molecule has 0 aliphatic heterocycles. The molecule has 0 amide bonds. The monoisotopic (exact) mass is 559 g/mol. The van der Waals surface area contributed by atoms with E-state index in [2.05, 4.69) is 90.0 Å².